The van der Waals surface area contributed by atoms with Gasteiger partial charge in [-0.3, -0.25) is 4.79 Å². The van der Waals surface area contributed by atoms with Gasteiger partial charge in [0.2, 0.25) is 0 Å². The van der Waals surface area contributed by atoms with Gasteiger partial charge in [-0.15, -0.1) is 4.91 Å². The molecule has 0 fully saturated rings. The Balaban J connectivity index is 2.98. The van der Waals surface area contributed by atoms with E-state index >= 15 is 0 Å². The fourth-order valence-electron chi connectivity index (χ4n) is 1.06. The van der Waals surface area contributed by atoms with Crippen molar-refractivity contribution >= 4 is 25.0 Å². The van der Waals surface area contributed by atoms with E-state index in [1.54, 1.807) is 6.07 Å². The Kier molecular flexibility index (Phi) is 3.39. The SMILES string of the molecule is [B]c1ccc(N=O)c(CC(=O)OC)c1. The maximum absolute atomic E-state index is 11.0. The second kappa shape index (κ2) is 4.55. The second-order valence-electron chi connectivity index (χ2n) is 2.73. The quantitative estimate of drug-likeness (QED) is 0.397. The molecule has 0 aliphatic heterocycles. The topological polar surface area (TPSA) is 55.7 Å². The summed E-state index contributed by atoms with van der Waals surface area (Å²) in [5.74, 6) is -0.430. The number of carbonyl (C=O) groups is 1. The van der Waals surface area contributed by atoms with Crippen LogP contribution in [-0.4, -0.2) is 20.9 Å². The molecule has 5 heteroatoms. The average Bonchev–Trinajstić information content (AvgIpc) is 2.18. The molecular weight excluding hydrogens is 181 g/mol. The molecule has 0 spiro atoms. The lowest BCUT2D eigenvalue weighted by atomic mass is 9.93. The lowest BCUT2D eigenvalue weighted by Crippen LogP contribution is -2.08. The maximum Gasteiger partial charge on any atom is 0.310 e. The van der Waals surface area contributed by atoms with Crippen molar-refractivity contribution in [1.82, 2.24) is 0 Å². The van der Waals surface area contributed by atoms with Crippen LogP contribution in [0.1, 0.15) is 5.56 Å². The molecule has 0 saturated carbocycles. The van der Waals surface area contributed by atoms with Gasteiger partial charge in [0.1, 0.15) is 13.5 Å². The van der Waals surface area contributed by atoms with Gasteiger partial charge in [0, 0.05) is 0 Å². The summed E-state index contributed by atoms with van der Waals surface area (Å²) >= 11 is 0. The highest BCUT2D eigenvalue weighted by molar-refractivity contribution is 6.32. The second-order valence-corrected chi connectivity index (χ2v) is 2.73. The first-order valence-corrected chi connectivity index (χ1v) is 3.96. The Hall–Kier alpha value is -1.65. The van der Waals surface area contributed by atoms with E-state index in [1.165, 1.54) is 19.2 Å². The van der Waals surface area contributed by atoms with Crippen LogP contribution in [0.2, 0.25) is 0 Å². The van der Waals surface area contributed by atoms with E-state index in [9.17, 15) is 9.70 Å². The minimum atomic E-state index is -0.430. The lowest BCUT2D eigenvalue weighted by Gasteiger charge is -2.03. The zero-order chi connectivity index (χ0) is 10.6. The summed E-state index contributed by atoms with van der Waals surface area (Å²) in [6.45, 7) is 0. The van der Waals surface area contributed by atoms with Crippen LogP contribution in [0, 0.1) is 4.91 Å². The highest BCUT2D eigenvalue weighted by atomic mass is 16.5. The number of rotatable bonds is 3. The zero-order valence-electron chi connectivity index (χ0n) is 7.69. The summed E-state index contributed by atoms with van der Waals surface area (Å²) < 4.78 is 4.47. The van der Waals surface area contributed by atoms with Crippen molar-refractivity contribution in [3.63, 3.8) is 0 Å². The molecular formula is C9H8BNO3. The van der Waals surface area contributed by atoms with Crippen LogP contribution in [0.25, 0.3) is 0 Å². The van der Waals surface area contributed by atoms with Crippen molar-refractivity contribution in [3.8, 4) is 0 Å². The summed E-state index contributed by atoms with van der Waals surface area (Å²) in [5, 5.41) is 2.79. The number of nitrogens with zero attached hydrogens (tertiary/aromatic N) is 1. The van der Waals surface area contributed by atoms with Crippen LogP contribution >= 0.6 is 0 Å². The first-order chi connectivity index (χ1) is 6.67. The number of hydrogen-bond donors (Lipinski definition) is 0. The van der Waals surface area contributed by atoms with Gasteiger partial charge in [-0.25, -0.2) is 0 Å². The molecule has 14 heavy (non-hydrogen) atoms. The maximum atomic E-state index is 11.0. The van der Waals surface area contributed by atoms with Gasteiger partial charge in [-0.2, -0.15) is 0 Å². The highest BCUT2D eigenvalue weighted by Crippen LogP contribution is 2.17. The number of nitroso groups, excluding NO2 is 1. The van der Waals surface area contributed by atoms with E-state index in [-0.39, 0.29) is 12.1 Å². The number of ether oxygens (including phenoxy) is 1. The molecule has 0 bridgehead atoms. The predicted molar refractivity (Wildman–Crippen MR) is 53.0 cm³/mol. The Bertz CT molecular complexity index is 365. The van der Waals surface area contributed by atoms with Gasteiger partial charge in [0.25, 0.3) is 0 Å². The van der Waals surface area contributed by atoms with Crippen LogP contribution in [-0.2, 0) is 16.0 Å². The minimum absolute atomic E-state index is 0.00259. The van der Waals surface area contributed by atoms with Crippen molar-refractivity contribution in [3.05, 3.63) is 28.7 Å². The summed E-state index contributed by atoms with van der Waals surface area (Å²) in [5.41, 5.74) is 1.17. The van der Waals surface area contributed by atoms with Crippen LogP contribution in [0.5, 0.6) is 0 Å². The number of hydrogen-bond acceptors (Lipinski definition) is 4. The largest absolute Gasteiger partial charge is 0.469 e. The van der Waals surface area contributed by atoms with Crippen molar-refractivity contribution in [1.29, 1.82) is 0 Å². The molecule has 0 amide bonds. The standard InChI is InChI=1S/C9H8BNO3/c1-14-9(12)5-6-4-7(10)2-3-8(6)11-13/h2-4H,5H2,1H3. The summed E-state index contributed by atoms with van der Waals surface area (Å²) in [4.78, 5) is 21.3. The van der Waals surface area contributed by atoms with Gasteiger partial charge in [-0.1, -0.05) is 17.6 Å². The first-order valence-electron chi connectivity index (χ1n) is 3.96. The van der Waals surface area contributed by atoms with Crippen LogP contribution in [0.3, 0.4) is 0 Å². The average molecular weight is 189 g/mol. The molecule has 0 atom stereocenters. The summed E-state index contributed by atoms with van der Waals surface area (Å²) in [6, 6.07) is 4.56. The zero-order valence-corrected chi connectivity index (χ0v) is 7.69. The molecule has 1 rings (SSSR count). The molecule has 0 aliphatic carbocycles. The highest BCUT2D eigenvalue weighted by Gasteiger charge is 2.08. The van der Waals surface area contributed by atoms with Crippen LogP contribution in [0.4, 0.5) is 5.69 Å². The molecule has 0 aliphatic rings. The number of esters is 1. The van der Waals surface area contributed by atoms with Gasteiger partial charge >= 0.3 is 5.97 Å². The van der Waals surface area contributed by atoms with E-state index in [4.69, 9.17) is 7.85 Å². The number of methoxy groups -OCH3 is 1. The molecule has 1 aromatic rings. The normalized spacial score (nSPS) is 9.50. The fourth-order valence-corrected chi connectivity index (χ4v) is 1.06. The fraction of sp³-hybridized carbons (Fsp3) is 0.222. The van der Waals surface area contributed by atoms with Crippen molar-refractivity contribution < 1.29 is 9.53 Å². The third kappa shape index (κ3) is 2.42. The predicted octanol–water partition coefficient (Wildman–Crippen LogP) is 0.594. The van der Waals surface area contributed by atoms with E-state index in [1.807, 2.05) is 0 Å². The Morgan fingerprint density at radius 3 is 2.86 bits per heavy atom. The molecule has 4 nitrogen and oxygen atoms in total. The molecule has 0 unspecified atom stereocenters. The van der Waals surface area contributed by atoms with Gasteiger partial charge in [0.05, 0.1) is 13.5 Å². The summed E-state index contributed by atoms with van der Waals surface area (Å²) in [7, 11) is 6.78. The molecule has 1 aromatic carbocycles. The van der Waals surface area contributed by atoms with E-state index < -0.39 is 5.97 Å². The Morgan fingerprint density at radius 2 is 2.29 bits per heavy atom. The third-order valence-electron chi connectivity index (χ3n) is 1.76. The number of benzene rings is 1. The van der Waals surface area contributed by atoms with Gasteiger partial charge in [0.15, 0.2) is 0 Å². The molecule has 0 saturated heterocycles. The van der Waals surface area contributed by atoms with Gasteiger partial charge in [-0.05, 0) is 16.8 Å². The third-order valence-corrected chi connectivity index (χ3v) is 1.76. The van der Waals surface area contributed by atoms with E-state index in [2.05, 4.69) is 9.91 Å². The van der Waals surface area contributed by atoms with Gasteiger partial charge < -0.3 is 4.74 Å². The molecule has 0 N–H and O–H groups in total. The molecule has 2 radical (unpaired) electrons. The summed E-state index contributed by atoms with van der Waals surface area (Å²) in [6.07, 6.45) is 0.00259. The first kappa shape index (κ1) is 10.4. The number of carbonyl (C=O) groups excluding carboxylic acids is 1. The van der Waals surface area contributed by atoms with Crippen LogP contribution in [0.15, 0.2) is 23.4 Å². The van der Waals surface area contributed by atoms with Crippen molar-refractivity contribution in [2.75, 3.05) is 7.11 Å². The monoisotopic (exact) mass is 189 g/mol. The van der Waals surface area contributed by atoms with Crippen LogP contribution < -0.4 is 5.46 Å². The lowest BCUT2D eigenvalue weighted by molar-refractivity contribution is -0.139. The van der Waals surface area contributed by atoms with Crippen molar-refractivity contribution in [2.45, 2.75) is 6.42 Å². The minimum Gasteiger partial charge on any atom is -0.469 e. The van der Waals surface area contributed by atoms with Crippen molar-refractivity contribution in [2.24, 2.45) is 5.18 Å². The smallest absolute Gasteiger partial charge is 0.310 e. The van der Waals surface area contributed by atoms with E-state index in [0.717, 1.165) is 0 Å². The molecule has 0 heterocycles. The Morgan fingerprint density at radius 1 is 1.57 bits per heavy atom. The van der Waals surface area contributed by atoms with E-state index in [0.29, 0.717) is 11.0 Å². The Labute approximate surface area is 82.6 Å². The molecule has 0 aromatic heterocycles. The molecule has 70 valence electrons.